The van der Waals surface area contributed by atoms with Crippen LogP contribution in [0.5, 0.6) is 0 Å². The molecule has 0 aliphatic rings. The molecule has 5 nitrogen and oxygen atoms in total. The van der Waals surface area contributed by atoms with E-state index in [1.807, 2.05) is 24.3 Å². The summed E-state index contributed by atoms with van der Waals surface area (Å²) < 4.78 is 21.5. The zero-order valence-electron chi connectivity index (χ0n) is 8.93. The van der Waals surface area contributed by atoms with E-state index in [0.29, 0.717) is 11.3 Å². The van der Waals surface area contributed by atoms with Crippen molar-refractivity contribution in [1.29, 1.82) is 0 Å². The number of carbonyl (C=O) groups excluding carboxylic acids is 1. The first kappa shape index (κ1) is 11.8. The number of para-hydroxylation sites is 1. The van der Waals surface area contributed by atoms with Gasteiger partial charge in [-0.05, 0) is 22.7 Å². The Kier molecular flexibility index (Phi) is 3.26. The summed E-state index contributed by atoms with van der Waals surface area (Å²) in [6.45, 7) is 0. The van der Waals surface area contributed by atoms with Crippen molar-refractivity contribution in [2.45, 2.75) is 12.2 Å². The minimum Gasteiger partial charge on any atom is -0.772 e. The summed E-state index contributed by atoms with van der Waals surface area (Å²) >= 11 is -2.20. The van der Waals surface area contributed by atoms with Crippen molar-refractivity contribution >= 4 is 27.9 Å². The number of nitrogens with two attached hydrogens (primary N) is 1. The maximum absolute atomic E-state index is 11.0. The van der Waals surface area contributed by atoms with Crippen molar-refractivity contribution < 1.29 is 13.6 Å². The average molecular weight is 251 g/mol. The fourth-order valence-electron chi connectivity index (χ4n) is 1.87. The minimum absolute atomic E-state index is 0.0382. The van der Waals surface area contributed by atoms with Crippen LogP contribution in [-0.2, 0) is 28.0 Å². The van der Waals surface area contributed by atoms with Crippen molar-refractivity contribution in [1.82, 2.24) is 4.98 Å². The predicted molar refractivity (Wildman–Crippen MR) is 63.8 cm³/mol. The number of carbonyl (C=O) groups is 1. The number of nitrogens with one attached hydrogen (secondary N) is 1. The zero-order chi connectivity index (χ0) is 12.4. The Morgan fingerprint density at radius 2 is 2.12 bits per heavy atom. The molecule has 0 aliphatic heterocycles. The quantitative estimate of drug-likeness (QED) is 0.777. The molecule has 1 aromatic heterocycles. The van der Waals surface area contributed by atoms with Crippen molar-refractivity contribution in [2.75, 3.05) is 0 Å². The summed E-state index contributed by atoms with van der Waals surface area (Å²) in [5, 5.41) is 0.840. The summed E-state index contributed by atoms with van der Waals surface area (Å²) in [6, 6.07) is 7.34. The van der Waals surface area contributed by atoms with Crippen LogP contribution in [0, 0.1) is 0 Å². The summed E-state index contributed by atoms with van der Waals surface area (Å²) in [4.78, 5) is 14.0. The van der Waals surface area contributed by atoms with E-state index >= 15 is 0 Å². The van der Waals surface area contributed by atoms with Crippen LogP contribution in [0.1, 0.15) is 11.3 Å². The van der Waals surface area contributed by atoms with Gasteiger partial charge in [0, 0.05) is 16.6 Å². The Morgan fingerprint density at radius 3 is 2.76 bits per heavy atom. The molecule has 0 saturated carbocycles. The molecule has 17 heavy (non-hydrogen) atoms. The van der Waals surface area contributed by atoms with Crippen LogP contribution in [0.4, 0.5) is 0 Å². The van der Waals surface area contributed by atoms with Crippen LogP contribution in [0.3, 0.4) is 0 Å². The first-order chi connectivity index (χ1) is 8.08. The molecule has 1 heterocycles. The van der Waals surface area contributed by atoms with Crippen LogP contribution in [0.25, 0.3) is 10.9 Å². The molecule has 0 radical (unpaired) electrons. The lowest BCUT2D eigenvalue weighted by molar-refractivity contribution is -0.117. The van der Waals surface area contributed by atoms with E-state index in [1.54, 1.807) is 0 Å². The van der Waals surface area contributed by atoms with Gasteiger partial charge in [-0.25, -0.2) is 0 Å². The van der Waals surface area contributed by atoms with Gasteiger partial charge in [0.25, 0.3) is 0 Å². The number of hydrogen-bond donors (Lipinski definition) is 2. The Hall–Kier alpha value is -1.66. The summed E-state index contributed by atoms with van der Waals surface area (Å²) in [7, 11) is 0. The van der Waals surface area contributed by atoms with Crippen molar-refractivity contribution in [3.63, 3.8) is 0 Å². The lowest BCUT2D eigenvalue weighted by atomic mass is 10.1. The molecule has 2 rings (SSSR count). The van der Waals surface area contributed by atoms with Gasteiger partial charge in [0.2, 0.25) is 5.91 Å². The minimum atomic E-state index is -2.20. The molecule has 1 atom stereocenters. The number of rotatable bonds is 4. The molecular weight excluding hydrogens is 240 g/mol. The molecule has 6 heteroatoms. The molecule has 0 saturated heterocycles. The number of benzene rings is 1. The van der Waals surface area contributed by atoms with Gasteiger partial charge in [-0.3, -0.25) is 9.00 Å². The lowest BCUT2D eigenvalue weighted by Gasteiger charge is -2.05. The van der Waals surface area contributed by atoms with Crippen LogP contribution in [0.15, 0.2) is 24.3 Å². The van der Waals surface area contributed by atoms with Crippen LogP contribution < -0.4 is 5.73 Å². The Labute approximate surface area is 100 Å². The third kappa shape index (κ3) is 2.54. The fraction of sp³-hybridized carbons (Fsp3) is 0.182. The van der Waals surface area contributed by atoms with Gasteiger partial charge in [-0.2, -0.15) is 0 Å². The van der Waals surface area contributed by atoms with Gasteiger partial charge >= 0.3 is 0 Å². The normalized spacial score (nSPS) is 12.8. The Morgan fingerprint density at radius 1 is 1.41 bits per heavy atom. The van der Waals surface area contributed by atoms with Crippen LogP contribution >= 0.6 is 0 Å². The van der Waals surface area contributed by atoms with E-state index in [0.717, 1.165) is 10.9 Å². The first-order valence-corrected chi connectivity index (χ1v) is 6.25. The predicted octanol–water partition coefficient (Wildman–Crippen LogP) is 0.575. The zero-order valence-corrected chi connectivity index (χ0v) is 9.75. The first-order valence-electron chi connectivity index (χ1n) is 5.00. The van der Waals surface area contributed by atoms with Gasteiger partial charge in [-0.15, -0.1) is 0 Å². The van der Waals surface area contributed by atoms with E-state index in [4.69, 9.17) is 5.73 Å². The van der Waals surface area contributed by atoms with Gasteiger partial charge in [0.05, 0.1) is 12.2 Å². The summed E-state index contributed by atoms with van der Waals surface area (Å²) in [5.41, 5.74) is 7.17. The van der Waals surface area contributed by atoms with Crippen molar-refractivity contribution in [2.24, 2.45) is 5.73 Å². The highest BCUT2D eigenvalue weighted by atomic mass is 32.2. The lowest BCUT2D eigenvalue weighted by Crippen LogP contribution is -2.14. The number of hydrogen-bond acceptors (Lipinski definition) is 3. The number of aromatic nitrogens is 1. The molecule has 1 aromatic carbocycles. The standard InChI is InChI=1S/C11H12N2O3S/c12-11(14)5-8-7-3-1-2-4-9(7)13-10(8)6-17(15)16/h1-4,13H,5-6H2,(H2,12,14)(H,15,16)/p-1. The number of H-pyrrole nitrogens is 1. The highest BCUT2D eigenvalue weighted by Gasteiger charge is 2.12. The van der Waals surface area contributed by atoms with E-state index < -0.39 is 17.0 Å². The number of aromatic amines is 1. The van der Waals surface area contributed by atoms with E-state index in [1.165, 1.54) is 0 Å². The van der Waals surface area contributed by atoms with E-state index in [2.05, 4.69) is 4.98 Å². The molecule has 2 aromatic rings. The maximum atomic E-state index is 11.0. The van der Waals surface area contributed by atoms with Gasteiger partial charge in [-0.1, -0.05) is 18.2 Å². The van der Waals surface area contributed by atoms with Gasteiger partial charge in [0.1, 0.15) is 0 Å². The number of primary amides is 1. The van der Waals surface area contributed by atoms with Gasteiger partial charge in [0.15, 0.2) is 0 Å². The second-order valence-electron chi connectivity index (χ2n) is 3.72. The van der Waals surface area contributed by atoms with Crippen molar-refractivity contribution in [3.05, 3.63) is 35.5 Å². The highest BCUT2D eigenvalue weighted by Crippen LogP contribution is 2.23. The molecular formula is C11H11N2O3S-. The highest BCUT2D eigenvalue weighted by molar-refractivity contribution is 7.78. The Bertz CT molecular complexity index is 591. The average Bonchev–Trinajstić information content (AvgIpc) is 2.55. The van der Waals surface area contributed by atoms with Crippen molar-refractivity contribution in [3.8, 4) is 0 Å². The topological polar surface area (TPSA) is 99.0 Å². The largest absolute Gasteiger partial charge is 0.772 e. The second-order valence-corrected chi connectivity index (χ2v) is 4.62. The third-order valence-electron chi connectivity index (χ3n) is 2.52. The molecule has 1 unspecified atom stereocenters. The monoisotopic (exact) mass is 251 g/mol. The molecule has 0 fully saturated rings. The molecule has 1 amide bonds. The molecule has 3 N–H and O–H groups in total. The molecule has 0 aliphatic carbocycles. The smallest absolute Gasteiger partial charge is 0.221 e. The third-order valence-corrected chi connectivity index (χ3v) is 3.04. The van der Waals surface area contributed by atoms with E-state index in [-0.39, 0.29) is 12.2 Å². The summed E-state index contributed by atoms with van der Waals surface area (Å²) in [6.07, 6.45) is 0.0382. The molecule has 0 spiro atoms. The van der Waals surface area contributed by atoms with Crippen LogP contribution in [-0.4, -0.2) is 19.7 Å². The molecule has 90 valence electrons. The number of fused-ring (bicyclic) bond motifs is 1. The van der Waals surface area contributed by atoms with E-state index in [9.17, 15) is 13.6 Å². The van der Waals surface area contributed by atoms with Gasteiger partial charge < -0.3 is 15.3 Å². The maximum Gasteiger partial charge on any atom is 0.221 e. The van der Waals surface area contributed by atoms with Crippen LogP contribution in [0.2, 0.25) is 0 Å². The second kappa shape index (κ2) is 4.68. The molecule has 0 bridgehead atoms. The fourth-order valence-corrected chi connectivity index (χ4v) is 2.36. The summed E-state index contributed by atoms with van der Waals surface area (Å²) in [5.74, 6) is -0.621. The number of amides is 1. The Balaban J connectivity index is 2.56. The SMILES string of the molecule is NC(=O)Cc1c(CS(=O)[O-])[nH]c2ccccc12.